The molecule has 0 bridgehead atoms. The van der Waals surface area contributed by atoms with Crippen molar-refractivity contribution in [2.24, 2.45) is 0 Å². The number of para-hydroxylation sites is 1. The zero-order chi connectivity index (χ0) is 23.1. The molecule has 1 amide bonds. The Hall–Kier alpha value is -2.26. The van der Waals surface area contributed by atoms with Gasteiger partial charge in [-0.3, -0.25) is 9.69 Å². The Bertz CT molecular complexity index is 976. The number of amides is 1. The Morgan fingerprint density at radius 2 is 1.72 bits per heavy atom. The summed E-state index contributed by atoms with van der Waals surface area (Å²) >= 11 is 17.9. The number of methoxy groups -OCH3 is 2. The smallest absolute Gasteiger partial charge is 0.238 e. The average molecular weight is 497 g/mol. The van der Waals surface area contributed by atoms with Crippen LogP contribution < -0.4 is 20.1 Å². The molecule has 1 aliphatic rings. The molecular formula is C22H26Cl2N4O3S. The van der Waals surface area contributed by atoms with Crippen molar-refractivity contribution in [3.8, 4) is 11.5 Å². The molecule has 2 aromatic rings. The fourth-order valence-corrected chi connectivity index (χ4v) is 4.15. The summed E-state index contributed by atoms with van der Waals surface area (Å²) in [5.41, 5.74) is 1.30. The van der Waals surface area contributed by atoms with Gasteiger partial charge in [0.15, 0.2) is 5.11 Å². The number of ether oxygens (including phenoxy) is 2. The minimum Gasteiger partial charge on any atom is -0.495 e. The van der Waals surface area contributed by atoms with E-state index in [0.717, 1.165) is 19.5 Å². The Kier molecular flexibility index (Phi) is 8.81. The van der Waals surface area contributed by atoms with Crippen molar-refractivity contribution in [2.75, 3.05) is 57.6 Å². The monoisotopic (exact) mass is 496 g/mol. The molecule has 0 aliphatic carbocycles. The zero-order valence-corrected chi connectivity index (χ0v) is 20.3. The number of benzene rings is 2. The van der Waals surface area contributed by atoms with Crippen molar-refractivity contribution >= 4 is 57.8 Å². The standard InChI is InChI=1S/C22H26Cl2N4O3S/c1-30-19-13-18(20(31-2)12-16(19)24)26-22(32)28-9-5-8-27(10-11-28)14-21(29)25-17-7-4-3-6-15(17)23/h3-4,6-7,12-13H,5,8-11,14H2,1-2H3,(H,25,29)(H,26,32). The normalized spacial score (nSPS) is 14.4. The zero-order valence-electron chi connectivity index (χ0n) is 18.0. The van der Waals surface area contributed by atoms with Gasteiger partial charge in [0.1, 0.15) is 11.5 Å². The molecule has 2 N–H and O–H groups in total. The Labute approximate surface area is 203 Å². The number of anilines is 2. The second-order valence-electron chi connectivity index (χ2n) is 7.26. The summed E-state index contributed by atoms with van der Waals surface area (Å²) in [6.07, 6.45) is 0.877. The highest BCUT2D eigenvalue weighted by atomic mass is 35.5. The van der Waals surface area contributed by atoms with E-state index in [1.165, 1.54) is 0 Å². The molecule has 7 nitrogen and oxygen atoms in total. The molecule has 10 heteroatoms. The largest absolute Gasteiger partial charge is 0.495 e. The van der Waals surface area contributed by atoms with Gasteiger partial charge in [-0.25, -0.2) is 0 Å². The van der Waals surface area contributed by atoms with Crippen molar-refractivity contribution in [1.29, 1.82) is 0 Å². The molecule has 172 valence electrons. The molecule has 0 saturated carbocycles. The van der Waals surface area contributed by atoms with Crippen molar-refractivity contribution in [2.45, 2.75) is 6.42 Å². The third-order valence-corrected chi connectivity index (χ3v) is 6.09. The number of hydrogen-bond donors (Lipinski definition) is 2. The quantitative estimate of drug-likeness (QED) is 0.576. The molecule has 0 unspecified atom stereocenters. The summed E-state index contributed by atoms with van der Waals surface area (Å²) in [5.74, 6) is 1.01. The van der Waals surface area contributed by atoms with Crippen molar-refractivity contribution in [3.05, 3.63) is 46.4 Å². The van der Waals surface area contributed by atoms with Gasteiger partial charge >= 0.3 is 0 Å². The molecule has 1 heterocycles. The first-order valence-electron chi connectivity index (χ1n) is 10.2. The van der Waals surface area contributed by atoms with E-state index in [0.29, 0.717) is 57.7 Å². The second kappa shape index (κ2) is 11.6. The van der Waals surface area contributed by atoms with Crippen LogP contribution in [0.1, 0.15) is 6.42 Å². The molecule has 1 fully saturated rings. The molecule has 1 saturated heterocycles. The Morgan fingerprint density at radius 1 is 0.969 bits per heavy atom. The molecule has 0 spiro atoms. The van der Waals surface area contributed by atoms with Gasteiger partial charge in [-0.15, -0.1) is 0 Å². The van der Waals surface area contributed by atoms with Crippen LogP contribution in [0.15, 0.2) is 36.4 Å². The first-order chi connectivity index (χ1) is 15.4. The van der Waals surface area contributed by atoms with Gasteiger partial charge in [0, 0.05) is 38.3 Å². The minimum atomic E-state index is -0.0924. The summed E-state index contributed by atoms with van der Waals surface area (Å²) in [4.78, 5) is 16.7. The molecule has 2 aromatic carbocycles. The number of nitrogens with zero attached hydrogens (tertiary/aromatic N) is 2. The summed E-state index contributed by atoms with van der Waals surface area (Å²) < 4.78 is 10.7. The number of carbonyl (C=O) groups excluding carboxylic acids is 1. The highest BCUT2D eigenvalue weighted by Gasteiger charge is 2.20. The summed E-state index contributed by atoms with van der Waals surface area (Å²) in [5, 5.41) is 7.67. The lowest BCUT2D eigenvalue weighted by Gasteiger charge is -2.25. The SMILES string of the molecule is COc1cc(NC(=S)N2CCCN(CC(=O)Nc3ccccc3Cl)CC2)c(OC)cc1Cl. The molecule has 0 atom stereocenters. The summed E-state index contributed by atoms with van der Waals surface area (Å²) in [7, 11) is 3.13. The maximum absolute atomic E-state index is 12.5. The number of rotatable bonds is 6. The highest BCUT2D eigenvalue weighted by molar-refractivity contribution is 7.80. The number of carbonyl (C=O) groups is 1. The van der Waals surface area contributed by atoms with E-state index >= 15 is 0 Å². The van der Waals surface area contributed by atoms with Crippen molar-refractivity contribution < 1.29 is 14.3 Å². The molecule has 0 aromatic heterocycles. The van der Waals surface area contributed by atoms with Gasteiger partial charge in [0.05, 0.1) is 42.2 Å². The molecular weight excluding hydrogens is 471 g/mol. The maximum atomic E-state index is 12.5. The predicted molar refractivity (Wildman–Crippen MR) is 133 cm³/mol. The number of nitrogens with one attached hydrogen (secondary N) is 2. The van der Waals surface area contributed by atoms with Crippen LogP contribution in [0, 0.1) is 0 Å². The number of halogens is 2. The second-order valence-corrected chi connectivity index (χ2v) is 8.46. The summed E-state index contributed by atoms with van der Waals surface area (Å²) in [6, 6.07) is 10.6. The van der Waals surface area contributed by atoms with Crippen LogP contribution in [0.5, 0.6) is 11.5 Å². The van der Waals surface area contributed by atoms with Crippen molar-refractivity contribution in [1.82, 2.24) is 9.80 Å². The third-order valence-electron chi connectivity index (χ3n) is 5.11. The van der Waals surface area contributed by atoms with E-state index in [4.69, 9.17) is 44.9 Å². The fourth-order valence-electron chi connectivity index (χ4n) is 3.44. The van der Waals surface area contributed by atoms with E-state index in [9.17, 15) is 4.79 Å². The number of thiocarbonyl (C=S) groups is 1. The van der Waals surface area contributed by atoms with Gasteiger partial charge in [-0.1, -0.05) is 35.3 Å². The van der Waals surface area contributed by atoms with E-state index in [1.807, 2.05) is 12.1 Å². The molecule has 1 aliphatic heterocycles. The minimum absolute atomic E-state index is 0.0924. The average Bonchev–Trinajstić information content (AvgIpc) is 3.01. The summed E-state index contributed by atoms with van der Waals surface area (Å²) in [6.45, 7) is 3.27. The Morgan fingerprint density at radius 3 is 2.44 bits per heavy atom. The van der Waals surface area contributed by atoms with E-state index in [1.54, 1.807) is 38.5 Å². The molecule has 0 radical (unpaired) electrons. The molecule has 3 rings (SSSR count). The predicted octanol–water partition coefficient (Wildman–Crippen LogP) is 4.35. The van der Waals surface area contributed by atoms with E-state index < -0.39 is 0 Å². The van der Waals surface area contributed by atoms with Crippen molar-refractivity contribution in [3.63, 3.8) is 0 Å². The van der Waals surface area contributed by atoms with E-state index in [2.05, 4.69) is 20.4 Å². The van der Waals surface area contributed by atoms with Crippen LogP contribution in [0.25, 0.3) is 0 Å². The number of hydrogen-bond acceptors (Lipinski definition) is 5. The fraction of sp³-hybridized carbons (Fsp3) is 0.364. The highest BCUT2D eigenvalue weighted by Crippen LogP contribution is 2.36. The third kappa shape index (κ3) is 6.38. The van der Waals surface area contributed by atoms with Gasteiger partial charge in [0.25, 0.3) is 0 Å². The van der Waals surface area contributed by atoms with Gasteiger partial charge < -0.3 is 25.0 Å². The first kappa shape index (κ1) is 24.4. The van der Waals surface area contributed by atoms with Crippen LogP contribution in [0.4, 0.5) is 11.4 Å². The Balaban J connectivity index is 1.56. The topological polar surface area (TPSA) is 66.1 Å². The van der Waals surface area contributed by atoms with Crippen LogP contribution >= 0.6 is 35.4 Å². The van der Waals surface area contributed by atoms with Crippen LogP contribution in [-0.4, -0.2) is 67.8 Å². The lowest BCUT2D eigenvalue weighted by molar-refractivity contribution is -0.117. The van der Waals surface area contributed by atoms with Crippen LogP contribution in [-0.2, 0) is 4.79 Å². The molecule has 32 heavy (non-hydrogen) atoms. The van der Waals surface area contributed by atoms with Gasteiger partial charge in [-0.05, 0) is 30.8 Å². The van der Waals surface area contributed by atoms with Crippen LogP contribution in [0.2, 0.25) is 10.0 Å². The lowest BCUT2D eigenvalue weighted by atomic mass is 10.2. The maximum Gasteiger partial charge on any atom is 0.238 e. The lowest BCUT2D eigenvalue weighted by Crippen LogP contribution is -2.39. The van der Waals surface area contributed by atoms with Gasteiger partial charge in [0.2, 0.25) is 5.91 Å². The van der Waals surface area contributed by atoms with Crippen LogP contribution in [0.3, 0.4) is 0 Å². The van der Waals surface area contributed by atoms with Gasteiger partial charge in [-0.2, -0.15) is 0 Å². The van der Waals surface area contributed by atoms with E-state index in [-0.39, 0.29) is 5.91 Å². The first-order valence-corrected chi connectivity index (χ1v) is 11.3.